The number of anilines is 1. The molecule has 0 aliphatic carbocycles. The van der Waals surface area contributed by atoms with Crippen LogP contribution in [-0.4, -0.2) is 33.8 Å². The molecule has 0 saturated carbocycles. The number of fused-ring (bicyclic) bond motifs is 2. The van der Waals surface area contributed by atoms with Gasteiger partial charge in [-0.3, -0.25) is 9.59 Å². The number of carboxylic acids is 1. The van der Waals surface area contributed by atoms with E-state index in [2.05, 4.69) is 5.32 Å². The molecule has 0 saturated heterocycles. The summed E-state index contributed by atoms with van der Waals surface area (Å²) >= 11 is 0. The Morgan fingerprint density at radius 1 is 1.11 bits per heavy atom. The molecule has 0 unspecified atom stereocenters. The second-order valence-corrected chi connectivity index (χ2v) is 6.83. The van der Waals surface area contributed by atoms with Crippen LogP contribution in [0.25, 0.3) is 0 Å². The Balaban J connectivity index is 1.71. The highest BCUT2D eigenvalue weighted by atomic mass is 19.1. The smallest absolute Gasteiger partial charge is 0.326 e. The second kappa shape index (κ2) is 6.50. The van der Waals surface area contributed by atoms with E-state index in [0.29, 0.717) is 5.56 Å². The molecule has 2 amide bonds. The zero-order valence-corrected chi connectivity index (χ0v) is 14.3. The van der Waals surface area contributed by atoms with Crippen LogP contribution in [0.3, 0.4) is 0 Å². The lowest BCUT2D eigenvalue weighted by molar-refractivity contribution is -0.152. The molecule has 0 spiro atoms. The number of hydrogen-bond donors (Lipinski definition) is 2. The molecule has 2 aromatic carbocycles. The molecule has 6 nitrogen and oxygen atoms in total. The van der Waals surface area contributed by atoms with Crippen molar-refractivity contribution in [3.8, 4) is 0 Å². The van der Waals surface area contributed by atoms with E-state index in [9.17, 15) is 23.9 Å². The van der Waals surface area contributed by atoms with E-state index >= 15 is 0 Å². The topological polar surface area (TPSA) is 86.7 Å². The van der Waals surface area contributed by atoms with Gasteiger partial charge in [-0.05, 0) is 28.8 Å². The van der Waals surface area contributed by atoms with E-state index < -0.39 is 35.6 Å². The van der Waals surface area contributed by atoms with Crippen molar-refractivity contribution in [2.75, 3.05) is 5.32 Å². The van der Waals surface area contributed by atoms with E-state index in [0.717, 1.165) is 11.1 Å². The summed E-state index contributed by atoms with van der Waals surface area (Å²) in [4.78, 5) is 38.4. The SMILES string of the molecule is O=C1C[C@H](C(=O)N2Cc3ccccc3C[C@@H]2C(=O)O)c2ccc(F)cc2N1. The van der Waals surface area contributed by atoms with Crippen LogP contribution < -0.4 is 5.32 Å². The molecule has 0 bridgehead atoms. The van der Waals surface area contributed by atoms with Crippen LogP contribution in [-0.2, 0) is 27.3 Å². The van der Waals surface area contributed by atoms with Crippen LogP contribution in [0.5, 0.6) is 0 Å². The van der Waals surface area contributed by atoms with Gasteiger partial charge in [-0.25, -0.2) is 9.18 Å². The molecule has 0 aromatic heterocycles. The lowest BCUT2D eigenvalue weighted by Gasteiger charge is -2.37. The number of aliphatic carboxylic acids is 1. The van der Waals surface area contributed by atoms with Crippen LogP contribution in [0.1, 0.15) is 29.0 Å². The summed E-state index contributed by atoms with van der Waals surface area (Å²) in [7, 11) is 0. The Kier molecular flexibility index (Phi) is 4.14. The summed E-state index contributed by atoms with van der Waals surface area (Å²) in [6.45, 7) is 0.167. The number of amides is 2. The Hall–Kier alpha value is -3.22. The first kappa shape index (κ1) is 17.2. The quantitative estimate of drug-likeness (QED) is 0.852. The summed E-state index contributed by atoms with van der Waals surface area (Å²) in [5.41, 5.74) is 2.55. The number of halogens is 1. The summed E-state index contributed by atoms with van der Waals surface area (Å²) in [5, 5.41) is 12.2. The standard InChI is InChI=1S/C20H17FN2O4/c21-13-5-6-14-15(9-18(24)22-16(14)8-13)19(25)23-10-12-4-2-1-3-11(12)7-17(23)20(26)27/h1-6,8,15,17H,7,9-10H2,(H,22,24)(H,26,27)/t15-,17+/m0/s1. The lowest BCUT2D eigenvalue weighted by Crippen LogP contribution is -2.51. The van der Waals surface area contributed by atoms with Gasteiger partial charge in [0, 0.05) is 25.1 Å². The highest BCUT2D eigenvalue weighted by Crippen LogP contribution is 2.36. The minimum atomic E-state index is -1.09. The molecule has 2 aliphatic heterocycles. The molecule has 2 N–H and O–H groups in total. The maximum Gasteiger partial charge on any atom is 0.326 e. The van der Waals surface area contributed by atoms with Crippen molar-refractivity contribution in [1.82, 2.24) is 4.90 Å². The molecule has 2 aromatic rings. The van der Waals surface area contributed by atoms with Gasteiger partial charge in [0.05, 0.1) is 5.92 Å². The van der Waals surface area contributed by atoms with Crippen molar-refractivity contribution < 1.29 is 23.9 Å². The number of nitrogens with one attached hydrogen (secondary N) is 1. The molecule has 2 heterocycles. The normalized spacial score (nSPS) is 21.1. The van der Waals surface area contributed by atoms with Gasteiger partial charge in [0.25, 0.3) is 0 Å². The first-order valence-corrected chi connectivity index (χ1v) is 8.63. The monoisotopic (exact) mass is 368 g/mol. The fraction of sp³-hybridized carbons (Fsp3) is 0.250. The maximum atomic E-state index is 13.5. The van der Waals surface area contributed by atoms with Gasteiger partial charge in [0.2, 0.25) is 11.8 Å². The van der Waals surface area contributed by atoms with E-state index in [1.807, 2.05) is 24.3 Å². The molecule has 0 radical (unpaired) electrons. The third kappa shape index (κ3) is 3.05. The third-order valence-corrected chi connectivity index (χ3v) is 5.17. The van der Waals surface area contributed by atoms with Crippen LogP contribution in [0.15, 0.2) is 42.5 Å². The molecule has 4 rings (SSSR count). The lowest BCUT2D eigenvalue weighted by atomic mass is 9.86. The number of carbonyl (C=O) groups is 3. The first-order chi connectivity index (χ1) is 12.9. The van der Waals surface area contributed by atoms with Crippen molar-refractivity contribution in [2.24, 2.45) is 0 Å². The van der Waals surface area contributed by atoms with Gasteiger partial charge >= 0.3 is 5.97 Å². The van der Waals surface area contributed by atoms with Crippen molar-refractivity contribution in [3.05, 3.63) is 65.0 Å². The van der Waals surface area contributed by atoms with E-state index in [-0.39, 0.29) is 25.1 Å². The van der Waals surface area contributed by atoms with Crippen LogP contribution in [0, 0.1) is 5.82 Å². The molecule has 0 fully saturated rings. The number of nitrogens with zero attached hydrogens (tertiary/aromatic N) is 1. The van der Waals surface area contributed by atoms with Crippen LogP contribution in [0.4, 0.5) is 10.1 Å². The molecule has 27 heavy (non-hydrogen) atoms. The molecular formula is C20H17FN2O4. The van der Waals surface area contributed by atoms with E-state index in [4.69, 9.17) is 0 Å². The third-order valence-electron chi connectivity index (χ3n) is 5.17. The molecule has 2 atom stereocenters. The largest absolute Gasteiger partial charge is 0.480 e. The van der Waals surface area contributed by atoms with Crippen molar-refractivity contribution >= 4 is 23.5 Å². The van der Waals surface area contributed by atoms with Crippen LogP contribution in [0.2, 0.25) is 0 Å². The predicted octanol–water partition coefficient (Wildman–Crippen LogP) is 2.29. The van der Waals surface area contributed by atoms with E-state index in [1.54, 1.807) is 0 Å². The minimum absolute atomic E-state index is 0.0953. The molecular weight excluding hydrogens is 351 g/mol. The summed E-state index contributed by atoms with van der Waals surface area (Å²) in [6.07, 6.45) is 0.119. The van der Waals surface area contributed by atoms with Crippen molar-refractivity contribution in [2.45, 2.75) is 31.3 Å². The van der Waals surface area contributed by atoms with Crippen molar-refractivity contribution in [3.63, 3.8) is 0 Å². The fourth-order valence-electron chi connectivity index (χ4n) is 3.83. The van der Waals surface area contributed by atoms with Gasteiger partial charge in [-0.1, -0.05) is 30.3 Å². The van der Waals surface area contributed by atoms with Crippen LogP contribution >= 0.6 is 0 Å². The summed E-state index contributed by atoms with van der Waals surface area (Å²) < 4.78 is 13.5. The van der Waals surface area contributed by atoms with Crippen molar-refractivity contribution in [1.29, 1.82) is 0 Å². The Morgan fingerprint density at radius 3 is 2.59 bits per heavy atom. The summed E-state index contributed by atoms with van der Waals surface area (Å²) in [6, 6.07) is 10.3. The zero-order valence-electron chi connectivity index (χ0n) is 14.3. The average Bonchev–Trinajstić information content (AvgIpc) is 2.65. The van der Waals surface area contributed by atoms with Gasteiger partial charge in [-0.2, -0.15) is 0 Å². The second-order valence-electron chi connectivity index (χ2n) is 6.83. The van der Waals surface area contributed by atoms with Gasteiger partial charge in [0.1, 0.15) is 11.9 Å². The number of benzene rings is 2. The maximum absolute atomic E-state index is 13.5. The first-order valence-electron chi connectivity index (χ1n) is 8.63. The molecule has 7 heteroatoms. The van der Waals surface area contributed by atoms with E-state index in [1.165, 1.54) is 23.1 Å². The van der Waals surface area contributed by atoms with Gasteiger partial charge < -0.3 is 15.3 Å². The number of rotatable bonds is 2. The minimum Gasteiger partial charge on any atom is -0.480 e. The highest BCUT2D eigenvalue weighted by Gasteiger charge is 2.40. The average molecular weight is 368 g/mol. The van der Waals surface area contributed by atoms with Gasteiger partial charge in [0.15, 0.2) is 0 Å². The zero-order chi connectivity index (χ0) is 19.1. The summed E-state index contributed by atoms with van der Waals surface area (Å²) in [5.74, 6) is -3.26. The molecule has 2 aliphatic rings. The van der Waals surface area contributed by atoms with Gasteiger partial charge in [-0.15, -0.1) is 0 Å². The fourth-order valence-corrected chi connectivity index (χ4v) is 3.83. The number of carbonyl (C=O) groups excluding carboxylic acids is 2. The number of hydrogen-bond acceptors (Lipinski definition) is 3. The Morgan fingerprint density at radius 2 is 1.85 bits per heavy atom. The predicted molar refractivity (Wildman–Crippen MR) is 94.5 cm³/mol. The number of carboxylic acid groups (broad SMARTS) is 1. The Labute approximate surface area is 154 Å². The highest BCUT2D eigenvalue weighted by molar-refractivity contribution is 6.01. The Bertz CT molecular complexity index is 959. The molecule has 138 valence electrons.